The Bertz CT molecular complexity index is 780. The highest BCUT2D eigenvalue weighted by molar-refractivity contribution is 5.67. The van der Waals surface area contributed by atoms with Crippen LogP contribution in [0.15, 0.2) is 30.3 Å². The summed E-state index contributed by atoms with van der Waals surface area (Å²) in [5, 5.41) is 2.04. The summed E-state index contributed by atoms with van der Waals surface area (Å²) in [6, 6.07) is 10.9. The third-order valence-electron chi connectivity index (χ3n) is 5.03. The molecule has 0 saturated carbocycles. The molecule has 0 aliphatic rings. The molecule has 0 bridgehead atoms. The highest BCUT2D eigenvalue weighted by atomic mass is 15.1. The summed E-state index contributed by atoms with van der Waals surface area (Å²) in [7, 11) is 0. The quantitative estimate of drug-likeness (QED) is 0.669. The van der Waals surface area contributed by atoms with E-state index in [4.69, 9.17) is 0 Å². The van der Waals surface area contributed by atoms with Crippen molar-refractivity contribution >= 4 is 13.2 Å². The number of hydrogen-bond acceptors (Lipinski definition) is 1. The number of benzene rings is 2. The third-order valence-corrected chi connectivity index (χ3v) is 5.03. The van der Waals surface area contributed by atoms with Crippen LogP contribution in [0.1, 0.15) is 49.8 Å². The first-order valence-electron chi connectivity index (χ1n) is 9.57. The van der Waals surface area contributed by atoms with Crippen molar-refractivity contribution in [1.29, 1.82) is 0 Å². The Kier molecular flexibility index (Phi) is 7.01. The van der Waals surface area contributed by atoms with Gasteiger partial charge in [0.15, 0.2) is 0 Å². The van der Waals surface area contributed by atoms with Crippen molar-refractivity contribution in [2.24, 2.45) is 0 Å². The summed E-state index contributed by atoms with van der Waals surface area (Å²) in [6.07, 6.45) is 3.74. The summed E-state index contributed by atoms with van der Waals surface area (Å²) in [5.74, 6) is 0. The Morgan fingerprint density at radius 3 is 2.20 bits per heavy atom. The zero-order valence-corrected chi connectivity index (χ0v) is 16.5. The molecule has 0 spiro atoms. The second-order valence-corrected chi connectivity index (χ2v) is 7.16. The highest BCUT2D eigenvalue weighted by Gasteiger charge is 2.11. The van der Waals surface area contributed by atoms with Crippen molar-refractivity contribution in [2.75, 3.05) is 13.1 Å². The second kappa shape index (κ2) is 9.01. The molecule has 0 aliphatic carbocycles. The van der Waals surface area contributed by atoms with Crippen LogP contribution in [0.4, 0.5) is 0 Å². The molecule has 0 fully saturated rings. The maximum absolute atomic E-state index is 4.21. The zero-order valence-electron chi connectivity index (χ0n) is 16.5. The van der Waals surface area contributed by atoms with E-state index in [0.717, 1.165) is 17.0 Å². The number of rotatable bonds is 8. The van der Waals surface area contributed by atoms with Crippen molar-refractivity contribution < 1.29 is 0 Å². The first-order valence-corrected chi connectivity index (χ1v) is 9.57. The monoisotopic (exact) mass is 335 g/mol. The Morgan fingerprint density at radius 2 is 1.60 bits per heavy atom. The Labute approximate surface area is 153 Å². The SMILES string of the molecule is C=c1cccc(-c2cc(C)c(CN(CCC)CCCC)c(C)c2)c1=C. The van der Waals surface area contributed by atoms with Gasteiger partial charge in [-0.05, 0) is 78.0 Å². The van der Waals surface area contributed by atoms with Crippen LogP contribution in [0.5, 0.6) is 0 Å². The molecule has 2 aromatic carbocycles. The van der Waals surface area contributed by atoms with Gasteiger partial charge in [-0.25, -0.2) is 0 Å². The maximum Gasteiger partial charge on any atom is 0.0238 e. The molecule has 0 aliphatic heterocycles. The van der Waals surface area contributed by atoms with E-state index in [1.807, 2.05) is 6.07 Å². The lowest BCUT2D eigenvalue weighted by molar-refractivity contribution is 0.261. The van der Waals surface area contributed by atoms with Crippen LogP contribution in [0.2, 0.25) is 0 Å². The van der Waals surface area contributed by atoms with Gasteiger partial charge >= 0.3 is 0 Å². The molecule has 25 heavy (non-hydrogen) atoms. The van der Waals surface area contributed by atoms with E-state index in [9.17, 15) is 0 Å². The van der Waals surface area contributed by atoms with E-state index in [-0.39, 0.29) is 0 Å². The fraction of sp³-hybridized carbons (Fsp3) is 0.417. The number of unbranched alkanes of at least 4 members (excludes halogenated alkanes) is 1. The van der Waals surface area contributed by atoms with Gasteiger partial charge in [-0.3, -0.25) is 4.90 Å². The van der Waals surface area contributed by atoms with E-state index in [1.165, 1.54) is 60.2 Å². The molecule has 0 aromatic heterocycles. The van der Waals surface area contributed by atoms with Gasteiger partial charge in [0.1, 0.15) is 0 Å². The minimum Gasteiger partial charge on any atom is -0.299 e. The van der Waals surface area contributed by atoms with Crippen molar-refractivity contribution in [3.63, 3.8) is 0 Å². The second-order valence-electron chi connectivity index (χ2n) is 7.16. The largest absolute Gasteiger partial charge is 0.299 e. The molecule has 2 rings (SSSR count). The molecule has 1 nitrogen and oxygen atoms in total. The van der Waals surface area contributed by atoms with Gasteiger partial charge in [0.2, 0.25) is 0 Å². The van der Waals surface area contributed by atoms with Crippen LogP contribution in [-0.2, 0) is 6.54 Å². The molecule has 134 valence electrons. The molecule has 0 amide bonds. The van der Waals surface area contributed by atoms with Crippen LogP contribution in [-0.4, -0.2) is 18.0 Å². The smallest absolute Gasteiger partial charge is 0.0238 e. The van der Waals surface area contributed by atoms with Gasteiger partial charge in [0.05, 0.1) is 0 Å². The van der Waals surface area contributed by atoms with Gasteiger partial charge < -0.3 is 0 Å². The van der Waals surface area contributed by atoms with Crippen molar-refractivity contribution in [3.05, 3.63) is 57.5 Å². The van der Waals surface area contributed by atoms with E-state index in [1.54, 1.807) is 0 Å². The molecular formula is C24H33N. The van der Waals surface area contributed by atoms with Gasteiger partial charge in [-0.15, -0.1) is 0 Å². The summed E-state index contributed by atoms with van der Waals surface area (Å²) < 4.78 is 0. The topological polar surface area (TPSA) is 3.24 Å². The summed E-state index contributed by atoms with van der Waals surface area (Å²) >= 11 is 0. The van der Waals surface area contributed by atoms with Crippen molar-refractivity contribution in [1.82, 2.24) is 4.90 Å². The van der Waals surface area contributed by atoms with Crippen LogP contribution in [0.25, 0.3) is 24.3 Å². The number of nitrogens with zero attached hydrogens (tertiary/aromatic N) is 1. The summed E-state index contributed by atoms with van der Waals surface area (Å²) in [5.41, 5.74) is 6.68. The van der Waals surface area contributed by atoms with Crippen LogP contribution in [0.3, 0.4) is 0 Å². The molecule has 0 unspecified atom stereocenters. The fourth-order valence-electron chi connectivity index (χ4n) is 3.49. The normalized spacial score (nSPS) is 11.2. The van der Waals surface area contributed by atoms with E-state index >= 15 is 0 Å². The minimum atomic E-state index is 1.01. The molecule has 0 saturated heterocycles. The van der Waals surface area contributed by atoms with Crippen molar-refractivity contribution in [3.8, 4) is 11.1 Å². The maximum atomic E-state index is 4.21. The molecular weight excluding hydrogens is 302 g/mol. The minimum absolute atomic E-state index is 1.01. The molecule has 2 aromatic rings. The zero-order chi connectivity index (χ0) is 18.4. The predicted molar refractivity (Wildman–Crippen MR) is 112 cm³/mol. The van der Waals surface area contributed by atoms with Gasteiger partial charge in [0.25, 0.3) is 0 Å². The molecule has 0 heterocycles. The highest BCUT2D eigenvalue weighted by Crippen LogP contribution is 2.24. The Balaban J connectivity index is 2.35. The van der Waals surface area contributed by atoms with E-state index in [0.29, 0.717) is 0 Å². The lowest BCUT2D eigenvalue weighted by Gasteiger charge is -2.24. The van der Waals surface area contributed by atoms with Gasteiger partial charge in [-0.2, -0.15) is 0 Å². The standard InChI is InChI=1S/C24H33N/c1-7-9-14-25(13-8-2)17-24-19(4)15-22(16-20(24)5)23-12-10-11-18(3)21(23)6/h10-12,15-16H,3,6-9,13-14,17H2,1-2,4-5H3. The van der Waals surface area contributed by atoms with Crippen LogP contribution in [0, 0.1) is 13.8 Å². The molecule has 0 atom stereocenters. The Morgan fingerprint density at radius 1 is 0.920 bits per heavy atom. The number of hydrogen-bond donors (Lipinski definition) is 0. The molecule has 1 heteroatoms. The first-order chi connectivity index (χ1) is 12.0. The Hall–Kier alpha value is -1.86. The lowest BCUT2D eigenvalue weighted by atomic mass is 9.94. The van der Waals surface area contributed by atoms with Crippen LogP contribution >= 0.6 is 0 Å². The molecule has 0 radical (unpaired) electrons. The third kappa shape index (κ3) is 4.83. The average molecular weight is 336 g/mol. The van der Waals surface area contributed by atoms with E-state index in [2.05, 4.69) is 70.0 Å². The predicted octanol–water partition coefficient (Wildman–Crippen LogP) is 4.80. The first kappa shape index (κ1) is 19.5. The summed E-state index contributed by atoms with van der Waals surface area (Å²) in [4.78, 5) is 2.60. The summed E-state index contributed by atoms with van der Waals surface area (Å²) in [6.45, 7) is 20.7. The van der Waals surface area contributed by atoms with Crippen molar-refractivity contribution in [2.45, 2.75) is 53.5 Å². The molecule has 0 N–H and O–H groups in total. The van der Waals surface area contributed by atoms with Gasteiger partial charge in [-0.1, -0.05) is 63.8 Å². The van der Waals surface area contributed by atoms with E-state index < -0.39 is 0 Å². The lowest BCUT2D eigenvalue weighted by Crippen LogP contribution is -2.26. The van der Waals surface area contributed by atoms with Crippen LogP contribution < -0.4 is 10.4 Å². The van der Waals surface area contributed by atoms with Gasteiger partial charge in [0, 0.05) is 6.54 Å². The average Bonchev–Trinajstić information content (AvgIpc) is 2.58. The number of aryl methyl sites for hydroxylation is 2. The fourth-order valence-corrected chi connectivity index (χ4v) is 3.49.